The number of rotatable bonds is 1. The molecule has 2 rings (SSSR count). The van der Waals surface area contributed by atoms with E-state index in [9.17, 15) is 4.79 Å². The summed E-state index contributed by atoms with van der Waals surface area (Å²) in [5, 5.41) is 9.08. The van der Waals surface area contributed by atoms with Gasteiger partial charge in [-0.25, -0.2) is 0 Å². The number of hydrogen-bond donors (Lipinski definition) is 1. The average Bonchev–Trinajstić information content (AvgIpc) is 2.91. The Morgan fingerprint density at radius 2 is 1.31 bits per heavy atom. The van der Waals surface area contributed by atoms with E-state index >= 15 is 0 Å². The molecule has 0 unspecified atom stereocenters. The SMILES string of the molecule is O=C(O)C1[C@H]2CC/C=C\CC/C=C\CC[C@H]12. The zero-order chi connectivity index (χ0) is 11.4. The molecule has 1 saturated carbocycles. The molecule has 88 valence electrons. The molecular formula is C14H20O2. The lowest BCUT2D eigenvalue weighted by Gasteiger charge is -1.97. The topological polar surface area (TPSA) is 37.3 Å². The third kappa shape index (κ3) is 2.75. The first-order valence-corrected chi connectivity index (χ1v) is 6.33. The van der Waals surface area contributed by atoms with Crippen molar-refractivity contribution in [2.24, 2.45) is 17.8 Å². The van der Waals surface area contributed by atoms with Crippen molar-refractivity contribution in [3.8, 4) is 0 Å². The van der Waals surface area contributed by atoms with Crippen LogP contribution in [0, 0.1) is 17.8 Å². The fourth-order valence-electron chi connectivity index (χ4n) is 2.84. The van der Waals surface area contributed by atoms with Gasteiger partial charge < -0.3 is 5.11 Å². The molecule has 0 spiro atoms. The quantitative estimate of drug-likeness (QED) is 0.688. The number of fused-ring (bicyclic) bond motifs is 1. The molecule has 0 radical (unpaired) electrons. The first-order chi connectivity index (χ1) is 7.80. The Morgan fingerprint density at radius 1 is 0.875 bits per heavy atom. The van der Waals surface area contributed by atoms with Gasteiger partial charge in [-0.3, -0.25) is 4.79 Å². The van der Waals surface area contributed by atoms with Gasteiger partial charge in [0.05, 0.1) is 5.92 Å². The molecule has 2 atom stereocenters. The van der Waals surface area contributed by atoms with E-state index in [0.29, 0.717) is 11.8 Å². The minimum absolute atomic E-state index is 0.0532. The Morgan fingerprint density at radius 3 is 1.75 bits per heavy atom. The van der Waals surface area contributed by atoms with Crippen LogP contribution in [0.2, 0.25) is 0 Å². The maximum Gasteiger partial charge on any atom is 0.307 e. The van der Waals surface area contributed by atoms with Crippen molar-refractivity contribution in [2.75, 3.05) is 0 Å². The maximum atomic E-state index is 11.0. The zero-order valence-corrected chi connectivity index (χ0v) is 9.64. The molecule has 2 aliphatic rings. The minimum atomic E-state index is -0.585. The van der Waals surface area contributed by atoms with E-state index < -0.39 is 5.97 Å². The second-order valence-electron chi connectivity index (χ2n) is 4.87. The van der Waals surface area contributed by atoms with Crippen LogP contribution in [0.25, 0.3) is 0 Å². The second kappa shape index (κ2) is 5.33. The molecule has 2 nitrogen and oxygen atoms in total. The summed E-state index contributed by atoms with van der Waals surface area (Å²) in [7, 11) is 0. The fraction of sp³-hybridized carbons (Fsp3) is 0.643. The number of aliphatic carboxylic acids is 1. The van der Waals surface area contributed by atoms with Gasteiger partial charge in [-0.15, -0.1) is 0 Å². The summed E-state index contributed by atoms with van der Waals surface area (Å²) in [6.45, 7) is 0. The van der Waals surface area contributed by atoms with Gasteiger partial charge in [0.15, 0.2) is 0 Å². The molecule has 0 bridgehead atoms. The van der Waals surface area contributed by atoms with E-state index in [1.807, 2.05) is 0 Å². The summed E-state index contributed by atoms with van der Waals surface area (Å²) in [5.41, 5.74) is 0. The van der Waals surface area contributed by atoms with Crippen molar-refractivity contribution < 1.29 is 9.90 Å². The number of carbonyl (C=O) groups is 1. The molecular weight excluding hydrogens is 200 g/mol. The summed E-state index contributed by atoms with van der Waals surface area (Å²) in [6.07, 6.45) is 15.3. The Bertz CT molecular complexity index is 280. The summed E-state index contributed by atoms with van der Waals surface area (Å²) in [5.74, 6) is 0.241. The second-order valence-corrected chi connectivity index (χ2v) is 4.87. The Kier molecular flexibility index (Phi) is 3.81. The van der Waals surface area contributed by atoms with Crippen molar-refractivity contribution in [2.45, 2.75) is 38.5 Å². The van der Waals surface area contributed by atoms with Gasteiger partial charge in [-0.05, 0) is 50.4 Å². The molecule has 0 aliphatic heterocycles. The third-order valence-electron chi connectivity index (χ3n) is 3.78. The molecule has 0 saturated heterocycles. The standard InChI is InChI=1S/C14H20O2/c15-14(16)13-11-9-7-5-3-1-2-4-6-8-10-12(11)13/h3-6,11-13H,1-2,7-10H2,(H,15,16)/b5-3-,6-4-/t11-,12-/m0/s1. The lowest BCUT2D eigenvalue weighted by Crippen LogP contribution is -2.00. The van der Waals surface area contributed by atoms with E-state index in [1.165, 1.54) is 0 Å². The minimum Gasteiger partial charge on any atom is -0.481 e. The van der Waals surface area contributed by atoms with Crippen LogP contribution in [-0.2, 0) is 4.79 Å². The predicted molar refractivity (Wildman–Crippen MR) is 64.1 cm³/mol. The first-order valence-electron chi connectivity index (χ1n) is 6.33. The molecule has 2 aliphatic carbocycles. The van der Waals surface area contributed by atoms with Gasteiger partial charge >= 0.3 is 5.97 Å². The highest BCUT2D eigenvalue weighted by Crippen LogP contribution is 2.52. The Balaban J connectivity index is 1.92. The molecule has 0 aromatic heterocycles. The van der Waals surface area contributed by atoms with Gasteiger partial charge in [-0.1, -0.05) is 24.3 Å². The number of allylic oxidation sites excluding steroid dienone is 4. The van der Waals surface area contributed by atoms with Crippen molar-refractivity contribution in [1.82, 2.24) is 0 Å². The maximum absolute atomic E-state index is 11.0. The van der Waals surface area contributed by atoms with Crippen molar-refractivity contribution >= 4 is 5.97 Å². The van der Waals surface area contributed by atoms with Crippen molar-refractivity contribution in [1.29, 1.82) is 0 Å². The molecule has 1 N–H and O–H groups in total. The molecule has 2 heteroatoms. The third-order valence-corrected chi connectivity index (χ3v) is 3.78. The molecule has 0 heterocycles. The summed E-state index contributed by atoms with van der Waals surface area (Å²) >= 11 is 0. The van der Waals surface area contributed by atoms with Gasteiger partial charge in [0, 0.05) is 0 Å². The monoisotopic (exact) mass is 220 g/mol. The summed E-state index contributed by atoms with van der Waals surface area (Å²) < 4.78 is 0. The largest absolute Gasteiger partial charge is 0.481 e. The predicted octanol–water partition coefficient (Wildman–Crippen LogP) is 3.40. The highest BCUT2D eigenvalue weighted by atomic mass is 16.4. The first kappa shape index (κ1) is 11.4. The van der Waals surface area contributed by atoms with E-state index in [-0.39, 0.29) is 5.92 Å². The van der Waals surface area contributed by atoms with Crippen LogP contribution in [0.1, 0.15) is 38.5 Å². The molecule has 0 amide bonds. The highest BCUT2D eigenvalue weighted by Gasteiger charge is 2.53. The van der Waals surface area contributed by atoms with Gasteiger partial charge in [0.1, 0.15) is 0 Å². The van der Waals surface area contributed by atoms with E-state index in [1.54, 1.807) is 0 Å². The molecule has 16 heavy (non-hydrogen) atoms. The summed E-state index contributed by atoms with van der Waals surface area (Å²) in [4.78, 5) is 11.0. The van der Waals surface area contributed by atoms with Gasteiger partial charge in [-0.2, -0.15) is 0 Å². The lowest BCUT2D eigenvalue weighted by molar-refractivity contribution is -0.139. The van der Waals surface area contributed by atoms with Crippen molar-refractivity contribution in [3.63, 3.8) is 0 Å². The van der Waals surface area contributed by atoms with E-state index in [0.717, 1.165) is 38.5 Å². The van der Waals surface area contributed by atoms with Crippen LogP contribution in [0.15, 0.2) is 24.3 Å². The zero-order valence-electron chi connectivity index (χ0n) is 9.64. The van der Waals surface area contributed by atoms with Crippen LogP contribution < -0.4 is 0 Å². The highest BCUT2D eigenvalue weighted by molar-refractivity contribution is 5.74. The molecule has 0 aromatic rings. The summed E-state index contributed by atoms with van der Waals surface area (Å²) in [6, 6.07) is 0. The Hall–Kier alpha value is -1.05. The number of carboxylic acids is 1. The van der Waals surface area contributed by atoms with Crippen LogP contribution >= 0.6 is 0 Å². The number of hydrogen-bond acceptors (Lipinski definition) is 1. The van der Waals surface area contributed by atoms with Crippen LogP contribution in [0.5, 0.6) is 0 Å². The number of carboxylic acid groups (broad SMARTS) is 1. The van der Waals surface area contributed by atoms with E-state index in [4.69, 9.17) is 5.11 Å². The fourth-order valence-corrected chi connectivity index (χ4v) is 2.84. The Labute approximate surface area is 97.0 Å². The van der Waals surface area contributed by atoms with Crippen LogP contribution in [-0.4, -0.2) is 11.1 Å². The lowest BCUT2D eigenvalue weighted by atomic mass is 10.1. The van der Waals surface area contributed by atoms with Crippen LogP contribution in [0.4, 0.5) is 0 Å². The molecule has 0 aromatic carbocycles. The smallest absolute Gasteiger partial charge is 0.307 e. The van der Waals surface area contributed by atoms with Gasteiger partial charge in [0.25, 0.3) is 0 Å². The molecule has 1 fully saturated rings. The van der Waals surface area contributed by atoms with Crippen LogP contribution in [0.3, 0.4) is 0 Å². The normalized spacial score (nSPS) is 38.6. The van der Waals surface area contributed by atoms with E-state index in [2.05, 4.69) is 24.3 Å². The average molecular weight is 220 g/mol. The van der Waals surface area contributed by atoms with Crippen molar-refractivity contribution in [3.05, 3.63) is 24.3 Å². The van der Waals surface area contributed by atoms with Gasteiger partial charge in [0.2, 0.25) is 0 Å².